The molecule has 0 spiro atoms. The zero-order chi connectivity index (χ0) is 89.8. The van der Waals surface area contributed by atoms with Gasteiger partial charge in [0.2, 0.25) is 65.6 Å². The van der Waals surface area contributed by atoms with Gasteiger partial charge in [0.25, 0.3) is 0 Å². The van der Waals surface area contributed by atoms with E-state index >= 15 is 28.8 Å². The highest BCUT2D eigenvalue weighted by molar-refractivity contribution is 6.33. The summed E-state index contributed by atoms with van der Waals surface area (Å²) >= 11 is 14.4. The van der Waals surface area contributed by atoms with Crippen molar-refractivity contribution in [3.63, 3.8) is 0 Å². The molecule has 3 fully saturated rings. The van der Waals surface area contributed by atoms with Gasteiger partial charge in [0.1, 0.15) is 137 Å². The van der Waals surface area contributed by atoms with E-state index in [0.29, 0.717) is 31.5 Å². The molecule has 39 heteroatoms. The van der Waals surface area contributed by atoms with Crippen LogP contribution in [0.2, 0.25) is 10.0 Å². The number of carbonyl (C=O) groups is 8. The number of unbranched alkanes of at least 4 members (excludes halogenated alkanes) is 7. The Morgan fingerprint density at radius 3 is 1.83 bits per heavy atom. The normalized spacial score (nSPS) is 26.9. The van der Waals surface area contributed by atoms with Crippen LogP contribution < -0.4 is 66.2 Å². The van der Waals surface area contributed by atoms with E-state index in [-0.39, 0.29) is 65.6 Å². The number of benzene rings is 7. The second kappa shape index (κ2) is 39.2. The monoisotopic (exact) mass is 1780 g/mol. The maximum atomic E-state index is 16.8. The van der Waals surface area contributed by atoms with Gasteiger partial charge in [-0.2, -0.15) is 0 Å². The third-order valence-corrected chi connectivity index (χ3v) is 24.0. The molecule has 17 bridgehead atoms. The lowest BCUT2D eigenvalue weighted by molar-refractivity contribution is -0.277. The topological polar surface area (TPSA) is 547 Å². The molecule has 8 amide bonds. The Morgan fingerprint density at radius 2 is 1.13 bits per heavy atom. The molecular formula is C87H98Cl2N10O27. The molecule has 20 N–H and O–H groups in total. The van der Waals surface area contributed by atoms with Gasteiger partial charge >= 0.3 is 0 Å². The van der Waals surface area contributed by atoms with E-state index in [1.807, 2.05) is 4.90 Å². The van der Waals surface area contributed by atoms with Crippen molar-refractivity contribution in [2.45, 2.75) is 181 Å². The maximum Gasteiger partial charge on any atom is 0.249 e. The van der Waals surface area contributed by atoms with E-state index in [0.717, 1.165) is 99.2 Å². The SMILES string of the molecule is CCCCCCCCCCC(=O)N[C@H]1[C@H](Oc2c3cc4cc2Oc2ccc(cc2Cl)[C@@H](O)[C@@H]2NC(=O)[C@H](NC(=O)[C@@H]4NC(=O)[C@H]4NC(=O)[C@@H](Cc5ccc(cc5)O3)NC(=O)[C@@H](NC)c3ccc(O)c(c3)Oc3cc(O)c(Cl)c4c3)c3ccc(O)c(c3)-c3c(O[C@H]4O[C@H](CO)[C@@H](O)[C@H](O)[C@@H]4O)cc(O)cc3[C@@H](C(=O)N3CCN(C)CC3)NC2=O)O[C@H](CO)[C@@H](O)[C@@H]1O. The van der Waals surface area contributed by atoms with E-state index < -0.39 is 254 Å². The molecule has 9 aliphatic rings. The first kappa shape index (κ1) is 90.8. The Balaban J connectivity index is 0.993. The Labute approximate surface area is 730 Å². The highest BCUT2D eigenvalue weighted by Crippen LogP contribution is 2.51. The number of ether oxygens (including phenoxy) is 7. The molecule has 0 saturated carbocycles. The van der Waals surface area contributed by atoms with E-state index in [1.165, 1.54) is 66.5 Å². The van der Waals surface area contributed by atoms with Crippen LogP contribution in [0.5, 0.6) is 69.0 Å². The number of likely N-dealkylation sites (N-methyl/N-ethyl adjacent to an activating group) is 2. The Bertz CT molecular complexity index is 5260. The zero-order valence-corrected chi connectivity index (χ0v) is 69.8. The predicted octanol–water partition coefficient (Wildman–Crippen LogP) is 3.54. The molecule has 7 aromatic rings. The molecule has 672 valence electrons. The first-order valence-corrected chi connectivity index (χ1v) is 42.0. The summed E-state index contributed by atoms with van der Waals surface area (Å²) in [6.07, 6.45) is -13.0. The number of hydrogen-bond donors (Lipinski definition) is 20. The highest BCUT2D eigenvalue weighted by Gasteiger charge is 2.50. The van der Waals surface area contributed by atoms with Crippen molar-refractivity contribution in [2.24, 2.45) is 0 Å². The predicted molar refractivity (Wildman–Crippen MR) is 445 cm³/mol. The lowest BCUT2D eigenvalue weighted by Gasteiger charge is -2.42. The summed E-state index contributed by atoms with van der Waals surface area (Å²) in [6, 6.07) is 6.85. The largest absolute Gasteiger partial charge is 0.508 e. The van der Waals surface area contributed by atoms with Crippen molar-refractivity contribution in [1.82, 2.24) is 52.3 Å². The number of halogens is 2. The molecule has 0 aromatic heterocycles. The number of carbonyl (C=O) groups excluding carboxylic acids is 8. The molecule has 7 aromatic carbocycles. The number of phenols is 4. The van der Waals surface area contributed by atoms with Crippen LogP contribution >= 0.6 is 23.2 Å². The van der Waals surface area contributed by atoms with E-state index in [9.17, 15) is 70.9 Å². The second-order valence-corrected chi connectivity index (χ2v) is 32.8. The number of amides is 8. The number of rotatable bonds is 18. The number of fused-ring (bicyclic) bond motifs is 14. The van der Waals surface area contributed by atoms with Crippen LogP contribution in [-0.2, 0) is 54.3 Å². The quantitative estimate of drug-likeness (QED) is 0.0546. The fourth-order valence-electron chi connectivity index (χ4n) is 16.3. The Hall–Kier alpha value is -11.4. The molecule has 9 heterocycles. The summed E-state index contributed by atoms with van der Waals surface area (Å²) < 4.78 is 45.0. The van der Waals surface area contributed by atoms with Gasteiger partial charge in [-0.3, -0.25) is 38.4 Å². The van der Waals surface area contributed by atoms with Crippen molar-refractivity contribution >= 4 is 70.5 Å². The summed E-state index contributed by atoms with van der Waals surface area (Å²) in [5.74, 6) is -15.1. The van der Waals surface area contributed by atoms with Crippen LogP contribution in [0, 0.1) is 0 Å². The Kier molecular flexibility index (Phi) is 28.3. The molecule has 18 atom stereocenters. The maximum absolute atomic E-state index is 16.8. The molecule has 9 aliphatic heterocycles. The lowest BCUT2D eigenvalue weighted by Crippen LogP contribution is -2.65. The van der Waals surface area contributed by atoms with Crippen molar-refractivity contribution in [1.29, 1.82) is 0 Å². The first-order chi connectivity index (χ1) is 60.4. The fourth-order valence-corrected chi connectivity index (χ4v) is 16.7. The van der Waals surface area contributed by atoms with Gasteiger partial charge in [-0.1, -0.05) is 105 Å². The number of piperazine rings is 1. The van der Waals surface area contributed by atoms with Crippen LogP contribution in [-0.4, -0.2) is 245 Å². The van der Waals surface area contributed by atoms with Crippen LogP contribution in [0.25, 0.3) is 11.1 Å². The fraction of sp³-hybridized carbons (Fsp3) is 0.425. The van der Waals surface area contributed by atoms with E-state index in [4.69, 9.17) is 56.4 Å². The number of nitrogens with one attached hydrogen (secondary N) is 8. The average molecular weight is 1790 g/mol. The minimum absolute atomic E-state index is 0.0284. The van der Waals surface area contributed by atoms with Crippen LogP contribution in [0.1, 0.15) is 140 Å². The molecule has 3 saturated heterocycles. The molecule has 0 unspecified atom stereocenters. The average Bonchev–Trinajstić information content (AvgIpc) is 0.757. The van der Waals surface area contributed by atoms with Crippen molar-refractivity contribution in [3.8, 4) is 80.1 Å². The highest BCUT2D eigenvalue weighted by atomic mass is 35.5. The second-order valence-electron chi connectivity index (χ2n) is 32.0. The van der Waals surface area contributed by atoms with Gasteiger partial charge in [0, 0.05) is 67.8 Å². The minimum atomic E-state index is -2.40. The number of nitrogens with zero attached hydrogens (tertiary/aromatic N) is 2. The number of aliphatic hydroxyl groups excluding tert-OH is 8. The third kappa shape index (κ3) is 19.6. The molecule has 37 nitrogen and oxygen atoms in total. The van der Waals surface area contributed by atoms with E-state index in [2.05, 4.69) is 49.5 Å². The number of aliphatic hydroxyl groups is 8. The van der Waals surface area contributed by atoms with Gasteiger partial charge < -0.3 is 147 Å². The van der Waals surface area contributed by atoms with E-state index in [1.54, 1.807) is 7.05 Å². The number of hydrogen-bond acceptors (Lipinski definition) is 29. The summed E-state index contributed by atoms with van der Waals surface area (Å²) in [5, 5.41) is 159. The van der Waals surface area contributed by atoms with Crippen molar-refractivity contribution < 1.29 is 133 Å². The summed E-state index contributed by atoms with van der Waals surface area (Å²) in [5.41, 5.74) is -2.32. The number of phenolic OH excluding ortho intramolecular Hbond substituents is 4. The Morgan fingerprint density at radius 1 is 0.524 bits per heavy atom. The molecule has 16 rings (SSSR count). The first-order valence-electron chi connectivity index (χ1n) is 41.3. The molecule has 0 radical (unpaired) electrons. The van der Waals surface area contributed by atoms with Crippen molar-refractivity contribution in [2.75, 3.05) is 53.5 Å². The zero-order valence-electron chi connectivity index (χ0n) is 68.3. The van der Waals surface area contributed by atoms with Gasteiger partial charge in [-0.05, 0) is 127 Å². The lowest BCUT2D eigenvalue weighted by atomic mass is 9.89. The minimum Gasteiger partial charge on any atom is -0.508 e. The summed E-state index contributed by atoms with van der Waals surface area (Å²) in [6.45, 7) is 0.855. The summed E-state index contributed by atoms with van der Waals surface area (Å²) in [4.78, 5) is 129. The molecule has 0 aliphatic carbocycles. The van der Waals surface area contributed by atoms with Gasteiger partial charge in [0.15, 0.2) is 23.0 Å². The summed E-state index contributed by atoms with van der Waals surface area (Å²) in [7, 11) is 3.24. The van der Waals surface area contributed by atoms with Crippen LogP contribution in [0.4, 0.5) is 0 Å². The number of aromatic hydroxyl groups is 4. The molecular weight excluding hydrogens is 1690 g/mol. The van der Waals surface area contributed by atoms with Gasteiger partial charge in [-0.25, -0.2) is 0 Å². The van der Waals surface area contributed by atoms with Gasteiger partial charge in [0.05, 0.1) is 23.3 Å². The standard InChI is InChI=1S/C87H98Cl2N10O27/c1-4-5-6-7-8-9-10-11-12-62(106)92-71-75(110)73(108)60(37-100)124-86(71)126-78-58-31-43-32-59(78)122-55-22-17-42(29-50(55)88)72(107)70-84(118)96-69(85(119)99-25-23-98(3)24-26-99)48-33-44(102)34-57(123-87-77(112)76(111)74(109)61(38-101)125-87)63(48)47-28-40(15-20-52(47)103)66(81(115)97-70)93-82(116)67(43)94-83(117)68-49-35-46(36-54(105)64(49)89)121-56-30-41(16-21-53(56)104)65(90-2)80(114)91-51(79(113)95-68)27-39-13-18-45(120-58)19-14-39/h13-22,28-36,51,60-61,65-77,86-87,90,100-105,107-112H,4-12,23-27,37-38H2,1-3H3,(H,91,114)(H,92,106)(H,93,116)(H,94,117)(H,95,113)(H,96,118)(H,97,115)/t51-,60-,61-,65+,66-,67-,68+,69+,70+,71-,72-,73-,74-,75-,76+,77+,86+,87+/m1/s1. The third-order valence-electron chi connectivity index (χ3n) is 23.3. The van der Waals surface area contributed by atoms with Crippen LogP contribution in [0.15, 0.2) is 115 Å². The van der Waals surface area contributed by atoms with Gasteiger partial charge in [-0.15, -0.1) is 0 Å². The van der Waals surface area contributed by atoms with Crippen molar-refractivity contribution in [3.05, 3.63) is 164 Å². The molecule has 126 heavy (non-hydrogen) atoms. The smallest absolute Gasteiger partial charge is 0.249 e. The van der Waals surface area contributed by atoms with Crippen LogP contribution in [0.3, 0.4) is 0 Å².